The maximum atomic E-state index is 11.2. The van der Waals surface area contributed by atoms with Crippen LogP contribution in [0.5, 0.6) is 11.5 Å². The normalized spacial score (nSPS) is 11.4. The third-order valence-electron chi connectivity index (χ3n) is 5.58. The van der Waals surface area contributed by atoms with Gasteiger partial charge in [-0.2, -0.15) is 0 Å². The first-order valence-electron chi connectivity index (χ1n) is 10.2. The van der Waals surface area contributed by atoms with E-state index >= 15 is 0 Å². The van der Waals surface area contributed by atoms with Crippen molar-refractivity contribution in [3.63, 3.8) is 0 Å². The van der Waals surface area contributed by atoms with Gasteiger partial charge in [-0.15, -0.1) is 10.2 Å². The fourth-order valence-electron chi connectivity index (χ4n) is 4.05. The molecule has 0 spiro atoms. The number of H-pyrrole nitrogens is 2. The molecule has 0 aliphatic heterocycles. The molecule has 2 radical (unpaired) electrons. The number of rotatable bonds is 4. The molecule has 33 heavy (non-hydrogen) atoms. The number of nitrogens with zero attached hydrogens (tertiary/aromatic N) is 4. The van der Waals surface area contributed by atoms with Gasteiger partial charge in [0.1, 0.15) is 22.5 Å². The van der Waals surface area contributed by atoms with Crippen molar-refractivity contribution in [1.29, 1.82) is 0 Å². The average Bonchev–Trinajstić information content (AvgIpc) is 3.50. The molecule has 158 valence electrons. The van der Waals surface area contributed by atoms with Crippen LogP contribution in [0.1, 0.15) is 11.1 Å². The zero-order valence-corrected chi connectivity index (χ0v) is 17.1. The summed E-state index contributed by atoms with van der Waals surface area (Å²) in [5.74, 6) is -0.0165. The van der Waals surface area contributed by atoms with Crippen molar-refractivity contribution in [2.45, 2.75) is 0 Å². The number of hydrogen-bond donors (Lipinski definition) is 4. The molecule has 4 aromatic carbocycles. The molecule has 0 aliphatic rings. The lowest BCUT2D eigenvalue weighted by molar-refractivity contribution is 0.471. The number of aromatic amines is 2. The summed E-state index contributed by atoms with van der Waals surface area (Å²) in [6.07, 6.45) is 3.17. The van der Waals surface area contributed by atoms with Gasteiger partial charge in [-0.1, -0.05) is 71.1 Å². The van der Waals surface area contributed by atoms with Gasteiger partial charge in [-0.05, 0) is 23.3 Å². The van der Waals surface area contributed by atoms with Crippen LogP contribution in [0.4, 0.5) is 0 Å². The van der Waals surface area contributed by atoms with Crippen molar-refractivity contribution in [3.05, 3.63) is 90.3 Å². The number of nitrogens with one attached hydrogen (secondary N) is 2. The van der Waals surface area contributed by atoms with Gasteiger partial charge < -0.3 is 10.2 Å². The number of benzene rings is 4. The van der Waals surface area contributed by atoms with E-state index in [0.29, 0.717) is 44.3 Å². The van der Waals surface area contributed by atoms with Gasteiger partial charge >= 0.3 is 0 Å². The summed E-state index contributed by atoms with van der Waals surface area (Å²) < 4.78 is 0. The molecular formula is C25H16N6O2. The van der Waals surface area contributed by atoms with Crippen LogP contribution in [-0.4, -0.2) is 41.0 Å². The molecule has 0 aliphatic carbocycles. The third-order valence-corrected chi connectivity index (χ3v) is 5.58. The Morgan fingerprint density at radius 1 is 0.606 bits per heavy atom. The van der Waals surface area contributed by atoms with E-state index in [0.717, 1.165) is 11.1 Å². The van der Waals surface area contributed by atoms with Crippen LogP contribution in [0.3, 0.4) is 0 Å². The molecule has 6 rings (SSSR count). The van der Waals surface area contributed by atoms with Crippen molar-refractivity contribution in [1.82, 2.24) is 30.8 Å². The number of fused-ring (bicyclic) bond motifs is 2. The highest BCUT2D eigenvalue weighted by Crippen LogP contribution is 2.43. The number of phenolic OH excluding ortho intramolecular Hbond substituents is 2. The van der Waals surface area contributed by atoms with E-state index in [2.05, 4.69) is 37.2 Å². The van der Waals surface area contributed by atoms with Crippen LogP contribution in [-0.2, 0) is 0 Å². The number of phenols is 2. The number of hydrogen-bond acceptors (Lipinski definition) is 6. The van der Waals surface area contributed by atoms with Crippen LogP contribution >= 0.6 is 0 Å². The zero-order chi connectivity index (χ0) is 22.4. The van der Waals surface area contributed by atoms with E-state index in [-0.39, 0.29) is 11.5 Å². The van der Waals surface area contributed by atoms with E-state index in [1.807, 2.05) is 60.7 Å². The average molecular weight is 432 g/mol. The Balaban J connectivity index is 1.55. The fourth-order valence-corrected chi connectivity index (χ4v) is 4.05. The van der Waals surface area contributed by atoms with E-state index < -0.39 is 0 Å². The molecule has 0 saturated carbocycles. The highest BCUT2D eigenvalue weighted by Gasteiger charge is 2.22. The summed E-state index contributed by atoms with van der Waals surface area (Å²) in [5, 5.41) is 44.2. The third kappa shape index (κ3) is 3.08. The first-order valence-corrected chi connectivity index (χ1v) is 10.2. The quantitative estimate of drug-likeness (QED) is 0.326. The summed E-state index contributed by atoms with van der Waals surface area (Å²) in [6.45, 7) is 0. The molecule has 0 fully saturated rings. The van der Waals surface area contributed by atoms with Crippen LogP contribution < -0.4 is 0 Å². The zero-order valence-electron chi connectivity index (χ0n) is 17.1. The Morgan fingerprint density at radius 2 is 1.03 bits per heavy atom. The minimum atomic E-state index is -0.00825. The predicted octanol–water partition coefficient (Wildman–Crippen LogP) is 4.45. The molecule has 6 aromatic rings. The Bertz CT molecular complexity index is 1490. The predicted molar refractivity (Wildman–Crippen MR) is 123 cm³/mol. The molecule has 8 nitrogen and oxygen atoms in total. The summed E-state index contributed by atoms with van der Waals surface area (Å²) in [4.78, 5) is 0. The smallest absolute Gasteiger partial charge is 0.130 e. The molecule has 0 saturated heterocycles. The minimum absolute atomic E-state index is 0.00825. The van der Waals surface area contributed by atoms with Crippen molar-refractivity contribution in [2.75, 3.05) is 0 Å². The number of aromatic hydroxyl groups is 2. The standard InChI is InChI=1S/C25H16N6O2/c32-24-16(12-18-22(28-30-26-18)20(24)14-7-3-1-4-8-14)11-17-13-19-23(29-31-27-19)21(25(17)33)15-9-5-2-6-10-15/h1-10,12-13,32-33H,(H,26,28,30)(H,27,29,31). The Labute approximate surface area is 187 Å². The first-order chi connectivity index (χ1) is 16.2. The van der Waals surface area contributed by atoms with Gasteiger partial charge in [-0.25, -0.2) is 0 Å². The Kier molecular flexibility index (Phi) is 4.29. The molecule has 0 amide bonds. The summed E-state index contributed by atoms with van der Waals surface area (Å²) >= 11 is 0. The van der Waals surface area contributed by atoms with Gasteiger partial charge in [-0.3, -0.25) is 10.2 Å². The van der Waals surface area contributed by atoms with Gasteiger partial charge in [0.25, 0.3) is 0 Å². The van der Waals surface area contributed by atoms with Gasteiger partial charge in [0.15, 0.2) is 0 Å². The second-order valence-electron chi connectivity index (χ2n) is 7.57. The van der Waals surface area contributed by atoms with Crippen LogP contribution in [0.2, 0.25) is 0 Å². The summed E-state index contributed by atoms with van der Waals surface area (Å²) in [6, 6.07) is 22.3. The van der Waals surface area contributed by atoms with Crippen LogP contribution in [0.15, 0.2) is 72.8 Å². The largest absolute Gasteiger partial charge is 0.507 e. The first kappa shape index (κ1) is 19.0. The van der Waals surface area contributed by atoms with E-state index in [4.69, 9.17) is 0 Å². The molecular weight excluding hydrogens is 416 g/mol. The van der Waals surface area contributed by atoms with Crippen molar-refractivity contribution in [3.8, 4) is 33.8 Å². The lowest BCUT2D eigenvalue weighted by atomic mass is 9.93. The molecule has 2 aromatic heterocycles. The summed E-state index contributed by atoms with van der Waals surface area (Å²) in [5.41, 5.74) is 5.80. The molecule has 0 unspecified atom stereocenters. The SMILES string of the molecule is Oc1c([C]c2cc3[nH]nnc3c(-c3ccccc3)c2O)cc2[nH]nnc2c1-c1ccccc1. The minimum Gasteiger partial charge on any atom is -0.507 e. The lowest BCUT2D eigenvalue weighted by Gasteiger charge is -2.13. The van der Waals surface area contributed by atoms with E-state index in [1.54, 1.807) is 12.1 Å². The Morgan fingerprint density at radius 3 is 1.45 bits per heavy atom. The number of aromatic nitrogens is 6. The van der Waals surface area contributed by atoms with Gasteiger partial charge in [0.2, 0.25) is 0 Å². The van der Waals surface area contributed by atoms with Crippen LogP contribution in [0.25, 0.3) is 44.3 Å². The van der Waals surface area contributed by atoms with Crippen molar-refractivity contribution < 1.29 is 10.2 Å². The van der Waals surface area contributed by atoms with Crippen molar-refractivity contribution >= 4 is 22.1 Å². The van der Waals surface area contributed by atoms with Gasteiger partial charge in [0.05, 0.1) is 28.6 Å². The molecule has 8 heteroatoms. The van der Waals surface area contributed by atoms with Crippen molar-refractivity contribution in [2.24, 2.45) is 0 Å². The second-order valence-corrected chi connectivity index (χ2v) is 7.57. The maximum Gasteiger partial charge on any atom is 0.130 e. The molecule has 2 heterocycles. The summed E-state index contributed by atoms with van der Waals surface area (Å²) in [7, 11) is 0. The fraction of sp³-hybridized carbons (Fsp3) is 0. The topological polar surface area (TPSA) is 124 Å². The maximum absolute atomic E-state index is 11.2. The molecule has 4 N–H and O–H groups in total. The van der Waals surface area contributed by atoms with E-state index in [9.17, 15) is 10.2 Å². The monoisotopic (exact) mass is 432 g/mol. The highest BCUT2D eigenvalue weighted by molar-refractivity contribution is 5.98. The molecule has 0 atom stereocenters. The lowest BCUT2D eigenvalue weighted by Crippen LogP contribution is -1.94. The van der Waals surface area contributed by atoms with Crippen LogP contribution in [0, 0.1) is 6.42 Å². The second kappa shape index (κ2) is 7.45. The van der Waals surface area contributed by atoms with Gasteiger partial charge in [0, 0.05) is 11.1 Å². The van der Waals surface area contributed by atoms with E-state index in [1.165, 1.54) is 0 Å². The Hall–Kier alpha value is -4.72. The highest BCUT2D eigenvalue weighted by atomic mass is 16.3. The molecule has 0 bridgehead atoms.